The van der Waals surface area contributed by atoms with Crippen LogP contribution in [0.5, 0.6) is 5.88 Å². The molecule has 0 radical (unpaired) electrons. The Morgan fingerprint density at radius 3 is 2.81 bits per heavy atom. The first-order valence-electron chi connectivity index (χ1n) is 9.68. The number of ether oxygens (including phenoxy) is 1. The Hall–Kier alpha value is -3.77. The molecule has 2 aliphatic rings. The number of allylic oxidation sites excluding steroid dienone is 1. The Labute approximate surface area is 182 Å². The number of amides is 1. The van der Waals surface area contributed by atoms with Gasteiger partial charge in [0.2, 0.25) is 17.6 Å². The first-order valence-corrected chi connectivity index (χ1v) is 10.1. The molecule has 1 aliphatic heterocycles. The highest BCUT2D eigenvalue weighted by atomic mass is 35.5. The summed E-state index contributed by atoms with van der Waals surface area (Å²) in [6.45, 7) is 0. The summed E-state index contributed by atoms with van der Waals surface area (Å²) in [5, 5.41) is 14.9. The molecular formula is C21H18ClN7O2. The molecule has 1 saturated carbocycles. The number of hydrogen-bond donors (Lipinski definition) is 2. The van der Waals surface area contributed by atoms with Gasteiger partial charge in [0.05, 0.1) is 17.2 Å². The first-order chi connectivity index (χ1) is 14.9. The fourth-order valence-electron chi connectivity index (χ4n) is 4.07. The second kappa shape index (κ2) is 6.89. The number of fused-ring (bicyclic) bond motifs is 1. The Balaban J connectivity index is 1.67. The summed E-state index contributed by atoms with van der Waals surface area (Å²) < 4.78 is 8.98. The molecule has 1 fully saturated rings. The first kappa shape index (κ1) is 19.2. The number of imidazole rings is 1. The normalized spacial score (nSPS) is 17.8. The van der Waals surface area contributed by atoms with E-state index in [0.717, 1.165) is 24.1 Å². The summed E-state index contributed by atoms with van der Waals surface area (Å²) in [6.07, 6.45) is 5.20. The minimum Gasteiger partial charge on any atom is -0.422 e. The molecule has 1 unspecified atom stereocenters. The predicted molar refractivity (Wildman–Crippen MR) is 112 cm³/mol. The van der Waals surface area contributed by atoms with Gasteiger partial charge in [-0.1, -0.05) is 17.7 Å². The van der Waals surface area contributed by atoms with Gasteiger partial charge in [-0.3, -0.25) is 9.36 Å². The van der Waals surface area contributed by atoms with E-state index in [4.69, 9.17) is 27.8 Å². The highest BCUT2D eigenvalue weighted by Crippen LogP contribution is 2.51. The summed E-state index contributed by atoms with van der Waals surface area (Å²) in [5.74, 6) is -0.154. The van der Waals surface area contributed by atoms with E-state index in [1.54, 1.807) is 34.6 Å². The third-order valence-electron chi connectivity index (χ3n) is 5.63. The number of rotatable bonds is 4. The fraction of sp³-hybridized carbons (Fsp3) is 0.238. The lowest BCUT2D eigenvalue weighted by Gasteiger charge is -2.25. The van der Waals surface area contributed by atoms with E-state index in [9.17, 15) is 10.1 Å². The molecule has 5 rings (SSSR count). The van der Waals surface area contributed by atoms with E-state index in [0.29, 0.717) is 28.1 Å². The molecule has 1 aliphatic carbocycles. The lowest BCUT2D eigenvalue weighted by Crippen LogP contribution is -2.22. The molecule has 0 saturated heterocycles. The third kappa shape index (κ3) is 2.95. The van der Waals surface area contributed by atoms with Crippen LogP contribution in [0.2, 0.25) is 5.02 Å². The van der Waals surface area contributed by atoms with E-state index in [-0.39, 0.29) is 17.3 Å². The molecule has 2 aromatic heterocycles. The zero-order chi connectivity index (χ0) is 21.9. The molecule has 10 heteroatoms. The lowest BCUT2D eigenvalue weighted by molar-refractivity contribution is 0.0989. The topological polar surface area (TPSA) is 138 Å². The van der Waals surface area contributed by atoms with Crippen molar-refractivity contribution in [2.45, 2.75) is 24.7 Å². The summed E-state index contributed by atoms with van der Waals surface area (Å²) >= 11 is 6.71. The van der Waals surface area contributed by atoms with E-state index >= 15 is 0 Å². The average molecular weight is 436 g/mol. The number of nitrogens with zero attached hydrogens (tertiary/aromatic N) is 5. The highest BCUT2D eigenvalue weighted by molar-refractivity contribution is 6.31. The van der Waals surface area contributed by atoms with Crippen molar-refractivity contribution in [1.82, 2.24) is 19.3 Å². The van der Waals surface area contributed by atoms with Crippen LogP contribution in [-0.4, -0.2) is 25.2 Å². The monoisotopic (exact) mass is 435 g/mol. The van der Waals surface area contributed by atoms with Crippen molar-refractivity contribution in [2.75, 3.05) is 0 Å². The maximum atomic E-state index is 11.6. The van der Waals surface area contributed by atoms with Gasteiger partial charge < -0.3 is 16.2 Å². The molecule has 1 amide bonds. The van der Waals surface area contributed by atoms with Crippen LogP contribution in [0.15, 0.2) is 42.0 Å². The van der Waals surface area contributed by atoms with Gasteiger partial charge in [-0.05, 0) is 30.5 Å². The van der Waals surface area contributed by atoms with Gasteiger partial charge in [-0.2, -0.15) is 10.4 Å². The number of carbonyl (C=O) groups is 1. The average Bonchev–Trinajstić information content (AvgIpc) is 3.36. The Bertz CT molecular complexity index is 1310. The third-order valence-corrected chi connectivity index (χ3v) is 5.95. The van der Waals surface area contributed by atoms with Crippen LogP contribution in [0, 0.1) is 11.3 Å². The number of aryl methyl sites for hydroxylation is 1. The molecule has 3 aromatic rings. The van der Waals surface area contributed by atoms with Gasteiger partial charge in [0, 0.05) is 36.1 Å². The SMILES string of the molecule is Cn1nc(C2CC2)c2c1OC(N)=C(C#N)C2c1ccc(-n2ccnc2C(N)=O)cc1Cl. The minimum atomic E-state index is -0.647. The molecule has 0 spiro atoms. The van der Waals surface area contributed by atoms with Crippen LogP contribution in [0.3, 0.4) is 0 Å². The van der Waals surface area contributed by atoms with Gasteiger partial charge in [0.1, 0.15) is 11.6 Å². The molecule has 156 valence electrons. The minimum absolute atomic E-state index is 0.0381. The maximum Gasteiger partial charge on any atom is 0.285 e. The predicted octanol–water partition coefficient (Wildman–Crippen LogP) is 2.45. The number of carbonyl (C=O) groups excluding carboxylic acids is 1. The van der Waals surface area contributed by atoms with Crippen molar-refractivity contribution in [2.24, 2.45) is 18.5 Å². The number of aromatic nitrogens is 4. The van der Waals surface area contributed by atoms with Crippen molar-refractivity contribution in [3.05, 3.63) is 69.7 Å². The van der Waals surface area contributed by atoms with E-state index in [1.165, 1.54) is 6.20 Å². The van der Waals surface area contributed by atoms with Crippen LogP contribution in [0.25, 0.3) is 5.69 Å². The van der Waals surface area contributed by atoms with Crippen molar-refractivity contribution < 1.29 is 9.53 Å². The molecule has 3 heterocycles. The van der Waals surface area contributed by atoms with Crippen molar-refractivity contribution in [1.29, 1.82) is 5.26 Å². The number of halogens is 1. The fourth-order valence-corrected chi connectivity index (χ4v) is 4.35. The lowest BCUT2D eigenvalue weighted by atomic mass is 9.83. The largest absolute Gasteiger partial charge is 0.422 e. The summed E-state index contributed by atoms with van der Waals surface area (Å²) in [7, 11) is 1.79. The second-order valence-corrected chi connectivity index (χ2v) is 8.02. The van der Waals surface area contributed by atoms with Gasteiger partial charge in [0.15, 0.2) is 0 Å². The van der Waals surface area contributed by atoms with E-state index in [2.05, 4.69) is 16.2 Å². The van der Waals surface area contributed by atoms with Crippen molar-refractivity contribution >= 4 is 17.5 Å². The van der Waals surface area contributed by atoms with Gasteiger partial charge in [0.25, 0.3) is 5.91 Å². The molecular weight excluding hydrogens is 418 g/mol. The number of benzene rings is 1. The van der Waals surface area contributed by atoms with Gasteiger partial charge in [-0.15, -0.1) is 0 Å². The molecule has 4 N–H and O–H groups in total. The number of hydrogen-bond acceptors (Lipinski definition) is 6. The molecule has 0 bridgehead atoms. The Morgan fingerprint density at radius 2 is 2.16 bits per heavy atom. The van der Waals surface area contributed by atoms with Crippen LogP contribution >= 0.6 is 11.6 Å². The van der Waals surface area contributed by atoms with Gasteiger partial charge >= 0.3 is 0 Å². The van der Waals surface area contributed by atoms with E-state index in [1.807, 2.05) is 6.07 Å². The summed E-state index contributed by atoms with van der Waals surface area (Å²) in [6, 6.07) is 7.51. The number of nitrogens with two attached hydrogens (primary N) is 2. The quantitative estimate of drug-likeness (QED) is 0.645. The number of nitriles is 1. The Morgan fingerprint density at radius 1 is 1.39 bits per heavy atom. The zero-order valence-corrected chi connectivity index (χ0v) is 17.3. The van der Waals surface area contributed by atoms with Crippen molar-refractivity contribution in [3.63, 3.8) is 0 Å². The second-order valence-electron chi connectivity index (χ2n) is 7.62. The van der Waals surface area contributed by atoms with Crippen molar-refractivity contribution in [3.8, 4) is 17.6 Å². The smallest absolute Gasteiger partial charge is 0.285 e. The van der Waals surface area contributed by atoms with Crippen LogP contribution in [0.4, 0.5) is 0 Å². The number of primary amides is 1. The standard InChI is InChI=1S/C21H18ClN7O2/c1-28-21-16(17(27-28)10-2-3-10)15(13(9-23)19(25)31-21)12-5-4-11(8-14(12)22)29-7-6-26-20(29)18(24)30/h4-8,10,15H,2-3,25H2,1H3,(H2,24,30). The zero-order valence-electron chi connectivity index (χ0n) is 16.5. The van der Waals surface area contributed by atoms with Crippen LogP contribution in [-0.2, 0) is 7.05 Å². The Kier molecular flexibility index (Phi) is 4.27. The molecule has 1 aromatic carbocycles. The maximum absolute atomic E-state index is 11.6. The molecule has 31 heavy (non-hydrogen) atoms. The summed E-state index contributed by atoms with van der Waals surface area (Å²) in [4.78, 5) is 15.6. The summed E-state index contributed by atoms with van der Waals surface area (Å²) in [5.41, 5.74) is 14.8. The molecule has 9 nitrogen and oxygen atoms in total. The van der Waals surface area contributed by atoms with Gasteiger partial charge in [-0.25, -0.2) is 9.67 Å². The highest BCUT2D eigenvalue weighted by Gasteiger charge is 2.41. The molecule has 1 atom stereocenters. The van der Waals surface area contributed by atoms with Crippen LogP contribution in [0.1, 0.15) is 52.1 Å². The van der Waals surface area contributed by atoms with Crippen LogP contribution < -0.4 is 16.2 Å². The van der Waals surface area contributed by atoms with E-state index < -0.39 is 11.8 Å².